The second kappa shape index (κ2) is 8.67. The highest BCUT2D eigenvalue weighted by molar-refractivity contribution is 5.94. The van der Waals surface area contributed by atoms with Crippen molar-refractivity contribution in [3.63, 3.8) is 0 Å². The molecule has 1 atom stereocenters. The van der Waals surface area contributed by atoms with Crippen LogP contribution in [0.5, 0.6) is 11.5 Å². The topological polar surface area (TPSA) is 80.5 Å². The summed E-state index contributed by atoms with van der Waals surface area (Å²) in [6, 6.07) is 12.9. The largest absolute Gasteiger partial charge is 0.454 e. The molecule has 0 bridgehead atoms. The van der Waals surface area contributed by atoms with E-state index < -0.39 is 0 Å². The Hall–Kier alpha value is -3.19. The van der Waals surface area contributed by atoms with Gasteiger partial charge in [-0.15, -0.1) is 0 Å². The number of para-hydroxylation sites is 2. The van der Waals surface area contributed by atoms with Gasteiger partial charge in [-0.3, -0.25) is 14.7 Å². The molecule has 28 heavy (non-hydrogen) atoms. The Bertz CT molecular complexity index is 899. The van der Waals surface area contributed by atoms with Crippen LogP contribution in [0.2, 0.25) is 0 Å². The Kier molecular flexibility index (Phi) is 5.63. The molecule has 1 saturated heterocycles. The van der Waals surface area contributed by atoms with Crippen LogP contribution in [0.1, 0.15) is 18.5 Å². The molecule has 0 saturated carbocycles. The summed E-state index contributed by atoms with van der Waals surface area (Å²) in [6.45, 7) is 2.35. The first kappa shape index (κ1) is 18.2. The maximum Gasteiger partial charge on any atom is 0.228 e. The van der Waals surface area contributed by atoms with Crippen LogP contribution >= 0.6 is 0 Å². The SMILES string of the molecule is O=C(Nc1ccccc1Oc1cccnc1)C1CCCN(Cc2ccon2)C1. The summed E-state index contributed by atoms with van der Waals surface area (Å²) in [5.41, 5.74) is 1.54. The van der Waals surface area contributed by atoms with Gasteiger partial charge in [0, 0.05) is 25.4 Å². The zero-order valence-corrected chi connectivity index (χ0v) is 15.5. The summed E-state index contributed by atoms with van der Waals surface area (Å²) in [6.07, 6.45) is 6.75. The number of amides is 1. The second-order valence-electron chi connectivity index (χ2n) is 6.84. The number of aromatic nitrogens is 2. The minimum absolute atomic E-state index is 0.00656. The Labute approximate surface area is 163 Å². The van der Waals surface area contributed by atoms with Gasteiger partial charge in [0.25, 0.3) is 0 Å². The number of piperidine rings is 1. The smallest absolute Gasteiger partial charge is 0.228 e. The van der Waals surface area contributed by atoms with Crippen molar-refractivity contribution in [1.29, 1.82) is 0 Å². The number of ether oxygens (including phenoxy) is 1. The predicted octanol–water partition coefficient (Wildman–Crippen LogP) is 3.71. The fourth-order valence-electron chi connectivity index (χ4n) is 3.39. The molecule has 1 aliphatic rings. The summed E-state index contributed by atoms with van der Waals surface area (Å²) < 4.78 is 10.8. The first-order chi connectivity index (χ1) is 13.8. The Balaban J connectivity index is 1.40. The predicted molar refractivity (Wildman–Crippen MR) is 104 cm³/mol. The van der Waals surface area contributed by atoms with E-state index in [2.05, 4.69) is 20.4 Å². The zero-order chi connectivity index (χ0) is 19.2. The molecule has 144 valence electrons. The first-order valence-corrected chi connectivity index (χ1v) is 9.37. The lowest BCUT2D eigenvalue weighted by atomic mass is 9.97. The van der Waals surface area contributed by atoms with E-state index >= 15 is 0 Å². The summed E-state index contributed by atoms with van der Waals surface area (Å²) >= 11 is 0. The van der Waals surface area contributed by atoms with Gasteiger partial charge in [-0.25, -0.2) is 0 Å². The van der Waals surface area contributed by atoms with E-state index in [0.29, 0.717) is 30.3 Å². The van der Waals surface area contributed by atoms with Gasteiger partial charge in [0.15, 0.2) is 5.75 Å². The van der Waals surface area contributed by atoms with Gasteiger partial charge in [0.1, 0.15) is 12.0 Å². The van der Waals surface area contributed by atoms with Gasteiger partial charge in [0.05, 0.1) is 23.5 Å². The van der Waals surface area contributed by atoms with Crippen LogP contribution < -0.4 is 10.1 Å². The van der Waals surface area contributed by atoms with E-state index in [9.17, 15) is 4.79 Å². The van der Waals surface area contributed by atoms with Gasteiger partial charge in [-0.1, -0.05) is 17.3 Å². The highest BCUT2D eigenvalue weighted by atomic mass is 16.5. The van der Waals surface area contributed by atoms with E-state index in [-0.39, 0.29) is 11.8 Å². The van der Waals surface area contributed by atoms with E-state index in [1.165, 1.54) is 0 Å². The zero-order valence-electron chi connectivity index (χ0n) is 15.5. The van der Waals surface area contributed by atoms with E-state index in [1.54, 1.807) is 18.7 Å². The number of nitrogens with zero attached hydrogens (tertiary/aromatic N) is 3. The molecular weight excluding hydrogens is 356 g/mol. The molecule has 1 fully saturated rings. The quantitative estimate of drug-likeness (QED) is 0.704. The van der Waals surface area contributed by atoms with E-state index in [4.69, 9.17) is 9.26 Å². The molecular formula is C21H22N4O3. The van der Waals surface area contributed by atoms with Crippen LogP contribution in [0.15, 0.2) is 65.6 Å². The minimum Gasteiger partial charge on any atom is -0.454 e. The lowest BCUT2D eigenvalue weighted by molar-refractivity contribution is -0.121. The number of hydrogen-bond acceptors (Lipinski definition) is 6. The monoisotopic (exact) mass is 378 g/mol. The third kappa shape index (κ3) is 4.55. The number of rotatable bonds is 6. The normalized spacial score (nSPS) is 17.2. The Morgan fingerprint density at radius 1 is 1.25 bits per heavy atom. The molecule has 1 N–H and O–H groups in total. The average molecular weight is 378 g/mol. The van der Waals surface area contributed by atoms with Gasteiger partial charge in [-0.05, 0) is 43.7 Å². The molecule has 4 rings (SSSR count). The molecule has 1 aliphatic heterocycles. The summed E-state index contributed by atoms with van der Waals surface area (Å²) in [7, 11) is 0. The fraction of sp³-hybridized carbons (Fsp3) is 0.286. The number of hydrogen-bond donors (Lipinski definition) is 1. The maximum atomic E-state index is 12.9. The standard InChI is InChI=1S/C21H22N4O3/c26-21(16-5-4-11-25(14-16)15-17-9-12-27-24-17)23-19-7-1-2-8-20(19)28-18-6-3-10-22-13-18/h1-3,6-10,12-13,16H,4-5,11,14-15H2,(H,23,26). The molecule has 3 aromatic rings. The summed E-state index contributed by atoms with van der Waals surface area (Å²) in [4.78, 5) is 19.2. The second-order valence-corrected chi connectivity index (χ2v) is 6.84. The molecule has 0 spiro atoms. The molecule has 1 unspecified atom stereocenters. The Morgan fingerprint density at radius 3 is 3.00 bits per heavy atom. The number of carbonyl (C=O) groups is 1. The lowest BCUT2D eigenvalue weighted by Gasteiger charge is -2.31. The highest BCUT2D eigenvalue weighted by Gasteiger charge is 2.26. The number of carbonyl (C=O) groups excluding carboxylic acids is 1. The fourth-order valence-corrected chi connectivity index (χ4v) is 3.39. The number of anilines is 1. The van der Waals surface area contributed by atoms with Crippen LogP contribution in [0, 0.1) is 5.92 Å². The first-order valence-electron chi connectivity index (χ1n) is 9.37. The molecule has 0 aliphatic carbocycles. The van der Waals surface area contributed by atoms with E-state index in [0.717, 1.165) is 25.1 Å². The van der Waals surface area contributed by atoms with Crippen molar-refractivity contribution in [2.24, 2.45) is 5.92 Å². The van der Waals surface area contributed by atoms with Gasteiger partial charge >= 0.3 is 0 Å². The number of benzene rings is 1. The average Bonchev–Trinajstić information content (AvgIpc) is 3.23. The van der Waals surface area contributed by atoms with Gasteiger partial charge < -0.3 is 14.6 Å². The third-order valence-electron chi connectivity index (χ3n) is 4.76. The van der Waals surface area contributed by atoms with E-state index in [1.807, 2.05) is 42.5 Å². The van der Waals surface area contributed by atoms with Crippen LogP contribution in [-0.4, -0.2) is 34.0 Å². The van der Waals surface area contributed by atoms with Crippen molar-refractivity contribution in [1.82, 2.24) is 15.0 Å². The van der Waals surface area contributed by atoms with Crippen LogP contribution in [-0.2, 0) is 11.3 Å². The van der Waals surface area contributed by atoms with Crippen molar-refractivity contribution in [2.45, 2.75) is 19.4 Å². The Morgan fingerprint density at radius 2 is 2.18 bits per heavy atom. The summed E-state index contributed by atoms with van der Waals surface area (Å²) in [5, 5.41) is 7.00. The van der Waals surface area contributed by atoms with Crippen LogP contribution in [0.4, 0.5) is 5.69 Å². The molecule has 1 amide bonds. The molecule has 0 radical (unpaired) electrons. The van der Waals surface area contributed by atoms with Crippen molar-refractivity contribution < 1.29 is 14.1 Å². The molecule has 3 heterocycles. The number of likely N-dealkylation sites (tertiary alicyclic amines) is 1. The van der Waals surface area contributed by atoms with Gasteiger partial charge in [-0.2, -0.15) is 0 Å². The summed E-state index contributed by atoms with van der Waals surface area (Å²) in [5.74, 6) is 1.15. The molecule has 2 aromatic heterocycles. The van der Waals surface area contributed by atoms with Crippen molar-refractivity contribution in [2.75, 3.05) is 18.4 Å². The maximum absolute atomic E-state index is 12.9. The third-order valence-corrected chi connectivity index (χ3v) is 4.76. The van der Waals surface area contributed by atoms with Gasteiger partial charge in [0.2, 0.25) is 5.91 Å². The molecule has 7 heteroatoms. The van der Waals surface area contributed by atoms with Crippen molar-refractivity contribution in [3.8, 4) is 11.5 Å². The molecule has 1 aromatic carbocycles. The van der Waals surface area contributed by atoms with Crippen molar-refractivity contribution in [3.05, 3.63) is 66.8 Å². The minimum atomic E-state index is -0.0768. The number of pyridine rings is 1. The molecule has 7 nitrogen and oxygen atoms in total. The van der Waals surface area contributed by atoms with Crippen LogP contribution in [0.25, 0.3) is 0 Å². The van der Waals surface area contributed by atoms with Crippen LogP contribution in [0.3, 0.4) is 0 Å². The van der Waals surface area contributed by atoms with Crippen molar-refractivity contribution >= 4 is 11.6 Å². The number of nitrogens with one attached hydrogen (secondary N) is 1. The highest BCUT2D eigenvalue weighted by Crippen LogP contribution is 2.30. The lowest BCUT2D eigenvalue weighted by Crippen LogP contribution is -2.40.